The minimum atomic E-state index is -0.703. The van der Waals surface area contributed by atoms with E-state index in [9.17, 15) is 14.7 Å². The fourth-order valence-electron chi connectivity index (χ4n) is 4.49. The molecule has 0 radical (unpaired) electrons. The van der Waals surface area contributed by atoms with Crippen molar-refractivity contribution in [2.75, 3.05) is 24.6 Å². The van der Waals surface area contributed by atoms with Crippen molar-refractivity contribution in [1.82, 2.24) is 0 Å². The van der Waals surface area contributed by atoms with E-state index in [1.165, 1.54) is 18.5 Å². The molecule has 7 heteroatoms. The molecule has 2 aromatic rings. The lowest BCUT2D eigenvalue weighted by Gasteiger charge is -2.20. The van der Waals surface area contributed by atoms with E-state index in [-0.39, 0.29) is 28.4 Å². The summed E-state index contributed by atoms with van der Waals surface area (Å²) in [6, 6.07) is 13.5. The van der Waals surface area contributed by atoms with Crippen molar-refractivity contribution in [2.45, 2.75) is 52.9 Å². The Kier molecular flexibility index (Phi) is 7.93. The number of ether oxygens (including phenoxy) is 1. The van der Waals surface area contributed by atoms with E-state index in [0.29, 0.717) is 10.5 Å². The Balaban J connectivity index is 1.64. The van der Waals surface area contributed by atoms with Gasteiger partial charge in [0.25, 0.3) is 5.91 Å². The van der Waals surface area contributed by atoms with Crippen LogP contribution >= 0.6 is 11.8 Å². The molecule has 0 saturated carbocycles. The number of aliphatic hydroxyl groups is 1. The summed E-state index contributed by atoms with van der Waals surface area (Å²) >= 11 is 1.10. The first kappa shape index (κ1) is 26.7. The number of rotatable bonds is 5. The number of aryl methyl sites for hydroxylation is 1. The second kappa shape index (κ2) is 11.0. The van der Waals surface area contributed by atoms with Crippen molar-refractivity contribution in [3.63, 3.8) is 0 Å². The number of amides is 1. The van der Waals surface area contributed by atoms with Crippen molar-refractivity contribution < 1.29 is 19.4 Å². The fourth-order valence-corrected chi connectivity index (χ4v) is 5.51. The standard InChI is InChI=1S/C30H34N2O4S/c1-6-36-29(35)25-26(33)24(18-20-9-14-23(19(2)17-20)32-15-7-8-16-32)37-28(25)31-27(34)21-10-12-22(13-11-21)30(3,4)5/h9-14,17-18,33H,6-8,15-16H2,1-5H3. The maximum absolute atomic E-state index is 13.0. The molecule has 1 saturated heterocycles. The Bertz CT molecular complexity index is 1290. The van der Waals surface area contributed by atoms with Crippen molar-refractivity contribution >= 4 is 40.4 Å². The Hall–Kier alpha value is -3.32. The summed E-state index contributed by atoms with van der Waals surface area (Å²) in [6.07, 6.45) is 4.22. The maximum Gasteiger partial charge on any atom is 0.344 e. The lowest BCUT2D eigenvalue weighted by atomic mass is 9.87. The number of anilines is 1. The topological polar surface area (TPSA) is 79.2 Å². The monoisotopic (exact) mass is 518 g/mol. The first-order chi connectivity index (χ1) is 17.6. The van der Waals surface area contributed by atoms with Crippen molar-refractivity contribution in [2.24, 2.45) is 4.99 Å². The SMILES string of the molecule is CCOC(=O)C1=C(O)C(=Cc2ccc(N3CCCC3)c(C)c2)SC1=NC(=O)c1ccc(C(C)(C)C)cc1. The van der Waals surface area contributed by atoms with Crippen LogP contribution in [0, 0.1) is 6.92 Å². The third-order valence-corrected chi connectivity index (χ3v) is 7.56. The highest BCUT2D eigenvalue weighted by molar-refractivity contribution is 8.18. The van der Waals surface area contributed by atoms with Gasteiger partial charge in [-0.2, -0.15) is 0 Å². The molecule has 1 fully saturated rings. The van der Waals surface area contributed by atoms with Gasteiger partial charge in [0.1, 0.15) is 16.4 Å². The van der Waals surface area contributed by atoms with Crippen LogP contribution in [0.2, 0.25) is 0 Å². The summed E-state index contributed by atoms with van der Waals surface area (Å²) in [5.41, 5.74) is 4.66. The van der Waals surface area contributed by atoms with Gasteiger partial charge in [0, 0.05) is 24.3 Å². The molecule has 2 aromatic carbocycles. The lowest BCUT2D eigenvalue weighted by molar-refractivity contribution is -0.138. The van der Waals surface area contributed by atoms with E-state index >= 15 is 0 Å². The predicted molar refractivity (Wildman–Crippen MR) is 151 cm³/mol. The van der Waals surface area contributed by atoms with Crippen LogP contribution in [0.4, 0.5) is 5.69 Å². The van der Waals surface area contributed by atoms with Gasteiger partial charge in [-0.3, -0.25) is 4.79 Å². The average molecular weight is 519 g/mol. The molecule has 0 spiro atoms. The number of benzene rings is 2. The highest BCUT2D eigenvalue weighted by Gasteiger charge is 2.34. The van der Waals surface area contributed by atoms with Gasteiger partial charge in [-0.05, 0) is 79.1 Å². The molecular formula is C30H34N2O4S. The molecule has 6 nitrogen and oxygen atoms in total. The maximum atomic E-state index is 13.0. The molecule has 0 bridgehead atoms. The van der Waals surface area contributed by atoms with E-state index in [2.05, 4.69) is 49.7 Å². The van der Waals surface area contributed by atoms with Gasteiger partial charge in [0.15, 0.2) is 0 Å². The molecule has 4 rings (SSSR count). The van der Waals surface area contributed by atoms with E-state index in [1.54, 1.807) is 19.1 Å². The van der Waals surface area contributed by atoms with Gasteiger partial charge < -0.3 is 14.7 Å². The Morgan fingerprint density at radius 1 is 1.11 bits per heavy atom. The van der Waals surface area contributed by atoms with Crippen molar-refractivity contribution in [1.29, 1.82) is 0 Å². The average Bonchev–Trinajstić information content (AvgIpc) is 3.47. The van der Waals surface area contributed by atoms with E-state index < -0.39 is 11.9 Å². The predicted octanol–water partition coefficient (Wildman–Crippen LogP) is 6.59. The second-order valence-electron chi connectivity index (χ2n) is 10.3. The number of aliphatic imine (C=N–C) groups is 1. The first-order valence-electron chi connectivity index (χ1n) is 12.7. The largest absolute Gasteiger partial charge is 0.506 e. The number of hydrogen-bond acceptors (Lipinski definition) is 6. The summed E-state index contributed by atoms with van der Waals surface area (Å²) in [7, 11) is 0. The first-order valence-corrected chi connectivity index (χ1v) is 13.5. The quantitative estimate of drug-likeness (QED) is 0.450. The van der Waals surface area contributed by atoms with Crippen LogP contribution in [-0.4, -0.2) is 41.7 Å². The summed E-state index contributed by atoms with van der Waals surface area (Å²) in [4.78, 5) is 32.8. The van der Waals surface area contributed by atoms with Gasteiger partial charge in [-0.1, -0.05) is 50.7 Å². The van der Waals surface area contributed by atoms with Crippen LogP contribution in [0.15, 0.2) is 63.7 Å². The molecule has 2 aliphatic heterocycles. The molecule has 2 aliphatic rings. The Labute approximate surface area is 223 Å². The fraction of sp³-hybridized carbons (Fsp3) is 0.367. The molecule has 1 N–H and O–H groups in total. The summed E-state index contributed by atoms with van der Waals surface area (Å²) in [5, 5.41) is 11.1. The smallest absolute Gasteiger partial charge is 0.344 e. The van der Waals surface area contributed by atoms with Gasteiger partial charge in [0.05, 0.1) is 11.5 Å². The summed E-state index contributed by atoms with van der Waals surface area (Å²) in [6.45, 7) is 12.4. The number of nitrogens with zero attached hydrogens (tertiary/aromatic N) is 2. The van der Waals surface area contributed by atoms with Gasteiger partial charge in [-0.25, -0.2) is 9.79 Å². The highest BCUT2D eigenvalue weighted by atomic mass is 32.2. The van der Waals surface area contributed by atoms with Gasteiger partial charge in [-0.15, -0.1) is 0 Å². The number of aliphatic hydroxyl groups excluding tert-OH is 1. The zero-order valence-corrected chi connectivity index (χ0v) is 22.9. The third kappa shape index (κ3) is 5.99. The van der Waals surface area contributed by atoms with Crippen LogP contribution in [0.3, 0.4) is 0 Å². The molecule has 2 heterocycles. The molecule has 0 aromatic heterocycles. The second-order valence-corrected chi connectivity index (χ2v) is 11.4. The van der Waals surface area contributed by atoms with Crippen LogP contribution in [0.25, 0.3) is 6.08 Å². The summed E-state index contributed by atoms with van der Waals surface area (Å²) in [5.74, 6) is -1.41. The molecule has 1 amide bonds. The normalized spacial score (nSPS) is 18.2. The van der Waals surface area contributed by atoms with Crippen molar-refractivity contribution in [3.8, 4) is 0 Å². The van der Waals surface area contributed by atoms with Gasteiger partial charge >= 0.3 is 5.97 Å². The number of carbonyl (C=O) groups excluding carboxylic acids is 2. The third-order valence-electron chi connectivity index (χ3n) is 6.54. The number of carbonyl (C=O) groups is 2. The zero-order valence-electron chi connectivity index (χ0n) is 22.1. The molecule has 0 atom stereocenters. The molecular weight excluding hydrogens is 484 g/mol. The van der Waals surface area contributed by atoms with Crippen LogP contribution in [0.5, 0.6) is 0 Å². The number of esters is 1. The van der Waals surface area contributed by atoms with Crippen molar-refractivity contribution in [3.05, 3.63) is 81.0 Å². The van der Waals surface area contributed by atoms with E-state index in [1.807, 2.05) is 24.3 Å². The van der Waals surface area contributed by atoms with Crippen LogP contribution in [0.1, 0.15) is 67.6 Å². The molecule has 0 unspecified atom stereocenters. The highest BCUT2D eigenvalue weighted by Crippen LogP contribution is 2.40. The number of hydrogen-bond donors (Lipinski definition) is 1. The van der Waals surface area contributed by atoms with Crippen LogP contribution in [-0.2, 0) is 14.9 Å². The minimum Gasteiger partial charge on any atom is -0.506 e. The Morgan fingerprint density at radius 2 is 1.78 bits per heavy atom. The zero-order chi connectivity index (χ0) is 26.7. The van der Waals surface area contributed by atoms with Crippen LogP contribution < -0.4 is 4.90 Å². The molecule has 37 heavy (non-hydrogen) atoms. The molecule has 194 valence electrons. The van der Waals surface area contributed by atoms with E-state index in [4.69, 9.17) is 4.74 Å². The van der Waals surface area contributed by atoms with Gasteiger partial charge in [0.2, 0.25) is 0 Å². The van der Waals surface area contributed by atoms with E-state index in [0.717, 1.165) is 41.5 Å². The Morgan fingerprint density at radius 3 is 2.38 bits per heavy atom. The minimum absolute atomic E-state index is 0.0366. The number of thioether (sulfide) groups is 1. The summed E-state index contributed by atoms with van der Waals surface area (Å²) < 4.78 is 5.16. The lowest BCUT2D eigenvalue weighted by Crippen LogP contribution is -2.18. The molecule has 0 aliphatic carbocycles.